The summed E-state index contributed by atoms with van der Waals surface area (Å²) in [5.41, 5.74) is 6.44. The Morgan fingerprint density at radius 3 is 2.52 bits per heavy atom. The van der Waals surface area contributed by atoms with Crippen LogP contribution in [0.5, 0.6) is 0 Å². The molecule has 2 atom stereocenters. The van der Waals surface area contributed by atoms with Crippen molar-refractivity contribution in [2.45, 2.75) is 56.6 Å². The molecular formula is C16H26N2O2S. The molecule has 1 saturated heterocycles. The zero-order chi connectivity index (χ0) is 15.5. The first-order valence-corrected chi connectivity index (χ1v) is 9.37. The van der Waals surface area contributed by atoms with E-state index in [2.05, 4.69) is 18.7 Å². The van der Waals surface area contributed by atoms with E-state index in [1.54, 1.807) is 18.2 Å². The Labute approximate surface area is 128 Å². The first-order valence-electron chi connectivity index (χ1n) is 7.71. The normalized spacial score (nSPS) is 24.1. The van der Waals surface area contributed by atoms with Crippen LogP contribution in [-0.4, -0.2) is 37.7 Å². The molecule has 118 valence electrons. The highest BCUT2D eigenvalue weighted by molar-refractivity contribution is 7.91. The van der Waals surface area contributed by atoms with Crippen LogP contribution in [0.4, 0.5) is 0 Å². The predicted molar refractivity (Wildman–Crippen MR) is 85.9 cm³/mol. The number of nitrogens with zero attached hydrogens (tertiary/aromatic N) is 1. The van der Waals surface area contributed by atoms with Crippen LogP contribution in [-0.2, 0) is 16.4 Å². The van der Waals surface area contributed by atoms with Crippen molar-refractivity contribution in [1.29, 1.82) is 0 Å². The number of piperidine rings is 1. The van der Waals surface area contributed by atoms with E-state index in [1.807, 2.05) is 6.07 Å². The number of likely N-dealkylation sites (tertiary alicyclic amines) is 1. The van der Waals surface area contributed by atoms with Crippen molar-refractivity contribution in [1.82, 2.24) is 4.90 Å². The number of hydrogen-bond donors (Lipinski definition) is 1. The highest BCUT2D eigenvalue weighted by Gasteiger charge is 2.26. The Bertz CT molecular complexity index is 561. The van der Waals surface area contributed by atoms with Crippen molar-refractivity contribution in [3.05, 3.63) is 29.8 Å². The first kappa shape index (κ1) is 16.5. The maximum absolute atomic E-state index is 12.5. The molecule has 1 aromatic rings. The predicted octanol–water partition coefficient (Wildman–Crippen LogP) is 2.18. The van der Waals surface area contributed by atoms with Crippen LogP contribution in [0.2, 0.25) is 0 Å². The number of hydrogen-bond acceptors (Lipinski definition) is 4. The molecule has 0 saturated carbocycles. The molecule has 4 nitrogen and oxygen atoms in total. The lowest BCUT2D eigenvalue weighted by Gasteiger charge is -2.38. The van der Waals surface area contributed by atoms with Gasteiger partial charge in [0.15, 0.2) is 9.84 Å². The average molecular weight is 310 g/mol. The van der Waals surface area contributed by atoms with Gasteiger partial charge >= 0.3 is 0 Å². The van der Waals surface area contributed by atoms with Crippen molar-refractivity contribution in [2.75, 3.05) is 12.3 Å². The molecule has 5 heteroatoms. The number of rotatable bonds is 5. The van der Waals surface area contributed by atoms with Crippen LogP contribution in [0.3, 0.4) is 0 Å². The summed E-state index contributed by atoms with van der Waals surface area (Å²) in [6, 6.07) is 7.92. The quantitative estimate of drug-likeness (QED) is 0.905. The molecule has 21 heavy (non-hydrogen) atoms. The molecule has 1 fully saturated rings. The Morgan fingerprint density at radius 1 is 1.24 bits per heavy atom. The van der Waals surface area contributed by atoms with Crippen molar-refractivity contribution in [2.24, 2.45) is 5.73 Å². The van der Waals surface area contributed by atoms with E-state index in [4.69, 9.17) is 5.73 Å². The second-order valence-electron chi connectivity index (χ2n) is 6.04. The molecule has 0 aliphatic carbocycles. The zero-order valence-corrected chi connectivity index (χ0v) is 13.8. The molecule has 1 aliphatic heterocycles. The van der Waals surface area contributed by atoms with Crippen molar-refractivity contribution in [3.8, 4) is 0 Å². The third-order valence-corrected chi connectivity index (χ3v) is 6.18. The SMILES string of the molecule is CC1CCCC(C)N1CCS(=O)(=O)c1cccc(CN)c1. The monoisotopic (exact) mass is 310 g/mol. The van der Waals surface area contributed by atoms with E-state index in [-0.39, 0.29) is 5.75 Å². The summed E-state index contributed by atoms with van der Waals surface area (Å²) < 4.78 is 25.0. The highest BCUT2D eigenvalue weighted by Crippen LogP contribution is 2.23. The molecular weight excluding hydrogens is 284 g/mol. The summed E-state index contributed by atoms with van der Waals surface area (Å²) in [6.45, 7) is 5.36. The molecule has 1 aliphatic rings. The van der Waals surface area contributed by atoms with E-state index >= 15 is 0 Å². The summed E-state index contributed by atoms with van der Waals surface area (Å²) in [5.74, 6) is 0.176. The smallest absolute Gasteiger partial charge is 0.179 e. The second kappa shape index (κ2) is 6.90. The summed E-state index contributed by atoms with van der Waals surface area (Å²) in [5, 5.41) is 0. The lowest BCUT2D eigenvalue weighted by molar-refractivity contribution is 0.111. The molecule has 2 unspecified atom stereocenters. The fourth-order valence-corrected chi connectivity index (χ4v) is 4.43. The third-order valence-electron chi connectivity index (χ3n) is 4.49. The van der Waals surface area contributed by atoms with Gasteiger partial charge in [0.25, 0.3) is 0 Å². The van der Waals surface area contributed by atoms with Crippen LogP contribution in [0.15, 0.2) is 29.2 Å². The lowest BCUT2D eigenvalue weighted by Crippen LogP contribution is -2.45. The van der Waals surface area contributed by atoms with Crippen LogP contribution in [0, 0.1) is 0 Å². The number of benzene rings is 1. The molecule has 1 aromatic carbocycles. The maximum Gasteiger partial charge on any atom is 0.179 e. The van der Waals surface area contributed by atoms with Gasteiger partial charge in [0.1, 0.15) is 0 Å². The standard InChI is InChI=1S/C16H26N2O2S/c1-13-5-3-6-14(2)18(13)9-10-21(19,20)16-8-4-7-15(11-16)12-17/h4,7-8,11,13-14H,3,5-6,9-10,12,17H2,1-2H3. The van der Waals surface area contributed by atoms with Crippen molar-refractivity contribution < 1.29 is 8.42 Å². The van der Waals surface area contributed by atoms with Gasteiger partial charge < -0.3 is 5.73 Å². The lowest BCUT2D eigenvalue weighted by atomic mass is 9.98. The third kappa shape index (κ3) is 4.05. The molecule has 0 bridgehead atoms. The summed E-state index contributed by atoms with van der Waals surface area (Å²) in [6.07, 6.45) is 3.56. The maximum atomic E-state index is 12.5. The fraction of sp³-hybridized carbons (Fsp3) is 0.625. The van der Waals surface area contributed by atoms with Gasteiger partial charge in [-0.05, 0) is 44.4 Å². The minimum Gasteiger partial charge on any atom is -0.326 e. The summed E-state index contributed by atoms with van der Waals surface area (Å²) in [4.78, 5) is 2.72. The van der Waals surface area contributed by atoms with Crippen LogP contribution in [0.1, 0.15) is 38.7 Å². The fourth-order valence-electron chi connectivity index (χ4n) is 3.12. The van der Waals surface area contributed by atoms with Gasteiger partial charge in [-0.1, -0.05) is 18.6 Å². The van der Waals surface area contributed by atoms with Gasteiger partial charge in [-0.15, -0.1) is 0 Å². The van der Waals surface area contributed by atoms with E-state index in [1.165, 1.54) is 6.42 Å². The van der Waals surface area contributed by atoms with Crippen molar-refractivity contribution in [3.63, 3.8) is 0 Å². The van der Waals surface area contributed by atoms with Crippen LogP contribution < -0.4 is 5.73 Å². The van der Waals surface area contributed by atoms with E-state index in [0.29, 0.717) is 30.1 Å². The second-order valence-corrected chi connectivity index (χ2v) is 8.15. The van der Waals surface area contributed by atoms with Gasteiger partial charge in [-0.25, -0.2) is 8.42 Å². The molecule has 2 N–H and O–H groups in total. The van der Waals surface area contributed by atoms with Crippen LogP contribution >= 0.6 is 0 Å². The van der Waals surface area contributed by atoms with Gasteiger partial charge in [0, 0.05) is 25.2 Å². The minimum atomic E-state index is -3.24. The van der Waals surface area contributed by atoms with Gasteiger partial charge in [-0.2, -0.15) is 0 Å². The molecule has 0 spiro atoms. The summed E-state index contributed by atoms with van der Waals surface area (Å²) in [7, 11) is -3.24. The van der Waals surface area contributed by atoms with Crippen LogP contribution in [0.25, 0.3) is 0 Å². The Hall–Kier alpha value is -0.910. The van der Waals surface area contributed by atoms with E-state index in [0.717, 1.165) is 18.4 Å². The highest BCUT2D eigenvalue weighted by atomic mass is 32.2. The Morgan fingerprint density at radius 2 is 1.90 bits per heavy atom. The molecule has 2 rings (SSSR count). The van der Waals surface area contributed by atoms with E-state index in [9.17, 15) is 8.42 Å². The molecule has 0 radical (unpaired) electrons. The van der Waals surface area contributed by atoms with Gasteiger partial charge in [0.05, 0.1) is 10.6 Å². The largest absolute Gasteiger partial charge is 0.326 e. The van der Waals surface area contributed by atoms with Crippen molar-refractivity contribution >= 4 is 9.84 Å². The van der Waals surface area contributed by atoms with Gasteiger partial charge in [-0.3, -0.25) is 4.90 Å². The average Bonchev–Trinajstić information content (AvgIpc) is 2.47. The first-order chi connectivity index (χ1) is 9.94. The summed E-state index contributed by atoms with van der Waals surface area (Å²) >= 11 is 0. The zero-order valence-electron chi connectivity index (χ0n) is 13.0. The number of sulfone groups is 1. The molecule has 1 heterocycles. The Kier molecular flexibility index (Phi) is 5.41. The van der Waals surface area contributed by atoms with E-state index < -0.39 is 9.84 Å². The Balaban J connectivity index is 2.06. The molecule has 0 aromatic heterocycles. The topological polar surface area (TPSA) is 63.4 Å². The minimum absolute atomic E-state index is 0.176. The number of nitrogens with two attached hydrogens (primary N) is 1. The molecule has 0 amide bonds. The van der Waals surface area contributed by atoms with Gasteiger partial charge in [0.2, 0.25) is 0 Å².